The second-order valence-corrected chi connectivity index (χ2v) is 20.0. The summed E-state index contributed by atoms with van der Waals surface area (Å²) in [7, 11) is 0. The van der Waals surface area contributed by atoms with Gasteiger partial charge in [-0.2, -0.15) is 0 Å². The van der Waals surface area contributed by atoms with E-state index in [0.29, 0.717) is 19.4 Å². The fraction of sp³-hybridized carbons (Fsp3) is 0.836. The number of unbranched alkanes of at least 4 members (excludes halogenated alkanes) is 37. The molecule has 0 saturated heterocycles. The number of hydrogen-bond donors (Lipinski definition) is 3. The van der Waals surface area contributed by atoms with Gasteiger partial charge in [0.2, 0.25) is 5.91 Å². The molecule has 3 N–H and O–H groups in total. The summed E-state index contributed by atoms with van der Waals surface area (Å²) in [4.78, 5) is 24.4. The summed E-state index contributed by atoms with van der Waals surface area (Å²) < 4.78 is 5.47. The van der Waals surface area contributed by atoms with E-state index in [1.807, 2.05) is 6.08 Å². The van der Waals surface area contributed by atoms with Gasteiger partial charge in [-0.15, -0.1) is 0 Å². The van der Waals surface area contributed by atoms with Crippen molar-refractivity contribution in [1.29, 1.82) is 0 Å². The molecule has 6 heteroatoms. The molecule has 0 spiro atoms. The smallest absolute Gasteiger partial charge is 0.305 e. The highest BCUT2D eigenvalue weighted by atomic mass is 16.5. The van der Waals surface area contributed by atoms with E-state index >= 15 is 0 Å². The second-order valence-electron chi connectivity index (χ2n) is 20.0. The predicted molar refractivity (Wildman–Crippen MR) is 292 cm³/mol. The van der Waals surface area contributed by atoms with Crippen molar-refractivity contribution in [2.24, 2.45) is 0 Å². The summed E-state index contributed by atoms with van der Waals surface area (Å²) in [6.07, 6.45) is 71.5. The topological polar surface area (TPSA) is 95.9 Å². The van der Waals surface area contributed by atoms with Gasteiger partial charge < -0.3 is 20.3 Å². The van der Waals surface area contributed by atoms with Gasteiger partial charge in [-0.25, -0.2) is 0 Å². The third kappa shape index (κ3) is 53.0. The van der Waals surface area contributed by atoms with Crippen LogP contribution in [-0.4, -0.2) is 47.4 Å². The number of carbonyl (C=O) groups excluding carboxylic acids is 2. The maximum absolute atomic E-state index is 12.4. The molecule has 0 aromatic rings. The molecule has 392 valence electrons. The molecule has 1 amide bonds. The molecule has 2 unspecified atom stereocenters. The molecule has 0 aliphatic rings. The van der Waals surface area contributed by atoms with E-state index < -0.39 is 12.1 Å². The standard InChI is InChI=1S/C61H113NO5/c1-3-5-7-9-11-13-15-16-32-35-39-43-47-51-55-61(66)67-56-52-48-44-40-36-33-30-28-26-24-22-20-18-17-19-21-23-25-27-29-31-34-38-42-46-50-54-60(65)62-58(57-63)59(64)53-49-45-41-37-14-12-10-8-6-4-2/h9,11,15-17,19,49,53,58-59,63-64H,3-8,10,12-14,18,20-48,50-52,54-57H2,1-2H3,(H,62,65)/b11-9-,16-15-,19-17-,53-49+. The maximum atomic E-state index is 12.4. The number of amides is 1. The first kappa shape index (κ1) is 64.8. The van der Waals surface area contributed by atoms with Crippen LogP contribution in [0.1, 0.15) is 303 Å². The van der Waals surface area contributed by atoms with Crippen LogP contribution in [0.4, 0.5) is 0 Å². The zero-order valence-corrected chi connectivity index (χ0v) is 44.6. The number of rotatable bonds is 54. The van der Waals surface area contributed by atoms with Gasteiger partial charge in [0.25, 0.3) is 0 Å². The van der Waals surface area contributed by atoms with E-state index in [1.165, 1.54) is 225 Å². The van der Waals surface area contributed by atoms with Gasteiger partial charge in [0.05, 0.1) is 25.4 Å². The Hall–Kier alpha value is -2.18. The van der Waals surface area contributed by atoms with Crippen LogP contribution in [0.2, 0.25) is 0 Å². The van der Waals surface area contributed by atoms with E-state index in [0.717, 1.165) is 51.4 Å². The lowest BCUT2D eigenvalue weighted by molar-refractivity contribution is -0.143. The minimum absolute atomic E-state index is 0.00142. The molecule has 0 radical (unpaired) electrons. The van der Waals surface area contributed by atoms with Crippen molar-refractivity contribution >= 4 is 11.9 Å². The Morgan fingerprint density at radius 3 is 1.19 bits per heavy atom. The van der Waals surface area contributed by atoms with Gasteiger partial charge in [0.1, 0.15) is 0 Å². The number of carbonyl (C=O) groups is 2. The van der Waals surface area contributed by atoms with E-state index in [9.17, 15) is 19.8 Å². The summed E-state index contributed by atoms with van der Waals surface area (Å²) in [5.74, 6) is -0.0737. The fourth-order valence-corrected chi connectivity index (χ4v) is 8.76. The number of allylic oxidation sites excluding steroid dienone is 7. The molecule has 0 rings (SSSR count). The average molecular weight is 941 g/mol. The number of aliphatic hydroxyl groups excluding tert-OH is 2. The molecule has 0 heterocycles. The lowest BCUT2D eigenvalue weighted by atomic mass is 10.0. The Labute approximate surface area is 416 Å². The quantitative estimate of drug-likeness (QED) is 0.0321. The molecule has 0 aliphatic carbocycles. The Kier molecular flexibility index (Phi) is 54.6. The van der Waals surface area contributed by atoms with E-state index in [1.54, 1.807) is 6.08 Å². The van der Waals surface area contributed by atoms with Crippen molar-refractivity contribution < 1.29 is 24.5 Å². The summed E-state index contributed by atoms with van der Waals surface area (Å²) in [6, 6.07) is -0.628. The molecule has 2 atom stereocenters. The summed E-state index contributed by atoms with van der Waals surface area (Å²) >= 11 is 0. The number of hydrogen-bond acceptors (Lipinski definition) is 5. The third-order valence-electron chi connectivity index (χ3n) is 13.3. The van der Waals surface area contributed by atoms with E-state index in [4.69, 9.17) is 4.74 Å². The average Bonchev–Trinajstić information content (AvgIpc) is 3.33. The third-order valence-corrected chi connectivity index (χ3v) is 13.3. The number of aliphatic hydroxyl groups is 2. The highest BCUT2D eigenvalue weighted by Gasteiger charge is 2.18. The predicted octanol–water partition coefficient (Wildman–Crippen LogP) is 18.2. The van der Waals surface area contributed by atoms with Crippen LogP contribution in [-0.2, 0) is 14.3 Å². The fourth-order valence-electron chi connectivity index (χ4n) is 8.76. The molecule has 6 nitrogen and oxygen atoms in total. The zero-order chi connectivity index (χ0) is 48.6. The van der Waals surface area contributed by atoms with Gasteiger partial charge in [0.15, 0.2) is 0 Å². The van der Waals surface area contributed by atoms with Crippen molar-refractivity contribution in [2.45, 2.75) is 315 Å². The molecule has 0 aliphatic heterocycles. The molecule has 0 saturated carbocycles. The molecular formula is C61H113NO5. The monoisotopic (exact) mass is 940 g/mol. The lowest BCUT2D eigenvalue weighted by Crippen LogP contribution is -2.45. The molecule has 0 fully saturated rings. The second kappa shape index (κ2) is 56.4. The Balaban J connectivity index is 3.39. The molecule has 0 aromatic heterocycles. The lowest BCUT2D eigenvalue weighted by Gasteiger charge is -2.20. The number of esters is 1. The van der Waals surface area contributed by atoms with Crippen LogP contribution in [0.5, 0.6) is 0 Å². The highest BCUT2D eigenvalue weighted by Crippen LogP contribution is 2.16. The van der Waals surface area contributed by atoms with E-state index in [2.05, 4.69) is 55.6 Å². The SMILES string of the molecule is CCCC/C=C\C/C=C\CCCCCCCC(=O)OCCCCCCCCCCCCCC/C=C\CCCCCCCCCCCCC(=O)NC(CO)C(O)/C=C/CCCCCCCCCC. The van der Waals surface area contributed by atoms with Gasteiger partial charge in [-0.3, -0.25) is 9.59 Å². The van der Waals surface area contributed by atoms with Gasteiger partial charge in [-0.1, -0.05) is 255 Å². The van der Waals surface area contributed by atoms with Crippen LogP contribution in [0.25, 0.3) is 0 Å². The first-order valence-corrected chi connectivity index (χ1v) is 29.4. The molecule has 0 aromatic carbocycles. The molecular weight excluding hydrogens is 827 g/mol. The van der Waals surface area contributed by atoms with Crippen molar-refractivity contribution in [3.8, 4) is 0 Å². The minimum Gasteiger partial charge on any atom is -0.466 e. The summed E-state index contributed by atoms with van der Waals surface area (Å²) in [5.41, 5.74) is 0. The zero-order valence-electron chi connectivity index (χ0n) is 44.6. The minimum atomic E-state index is -0.844. The van der Waals surface area contributed by atoms with Crippen molar-refractivity contribution in [2.75, 3.05) is 13.2 Å². The van der Waals surface area contributed by atoms with Gasteiger partial charge in [-0.05, 0) is 83.5 Å². The van der Waals surface area contributed by atoms with Crippen LogP contribution in [0.3, 0.4) is 0 Å². The van der Waals surface area contributed by atoms with Gasteiger partial charge in [0, 0.05) is 12.8 Å². The molecule has 0 bridgehead atoms. The van der Waals surface area contributed by atoms with Crippen molar-refractivity contribution in [3.63, 3.8) is 0 Å². The Bertz CT molecular complexity index is 1130. The Morgan fingerprint density at radius 1 is 0.418 bits per heavy atom. The van der Waals surface area contributed by atoms with Crippen LogP contribution in [0, 0.1) is 0 Å². The number of nitrogens with one attached hydrogen (secondary N) is 1. The van der Waals surface area contributed by atoms with Gasteiger partial charge >= 0.3 is 5.97 Å². The Morgan fingerprint density at radius 2 is 0.761 bits per heavy atom. The normalized spacial score (nSPS) is 13.0. The largest absolute Gasteiger partial charge is 0.466 e. The first-order valence-electron chi connectivity index (χ1n) is 29.4. The molecule has 67 heavy (non-hydrogen) atoms. The van der Waals surface area contributed by atoms with Crippen molar-refractivity contribution in [3.05, 3.63) is 48.6 Å². The van der Waals surface area contributed by atoms with Crippen LogP contribution in [0.15, 0.2) is 48.6 Å². The summed E-state index contributed by atoms with van der Waals surface area (Å²) in [6.45, 7) is 4.84. The van der Waals surface area contributed by atoms with Crippen molar-refractivity contribution in [1.82, 2.24) is 5.32 Å². The summed E-state index contributed by atoms with van der Waals surface area (Å²) in [5, 5.41) is 23.0. The van der Waals surface area contributed by atoms with E-state index in [-0.39, 0.29) is 18.5 Å². The highest BCUT2D eigenvalue weighted by molar-refractivity contribution is 5.76. The van der Waals surface area contributed by atoms with Crippen LogP contribution >= 0.6 is 0 Å². The number of ether oxygens (including phenoxy) is 1. The first-order chi connectivity index (χ1) is 33.0. The maximum Gasteiger partial charge on any atom is 0.305 e. The van der Waals surface area contributed by atoms with Crippen LogP contribution < -0.4 is 5.32 Å².